The van der Waals surface area contributed by atoms with Crippen LogP contribution in [-0.4, -0.2) is 16.0 Å². The number of carbonyl (C=O) groups excluding carboxylic acids is 1. The second-order valence-corrected chi connectivity index (χ2v) is 6.45. The van der Waals surface area contributed by atoms with Crippen molar-refractivity contribution in [1.82, 2.24) is 10.3 Å². The van der Waals surface area contributed by atoms with Gasteiger partial charge < -0.3 is 5.32 Å². The molecule has 1 aromatic heterocycles. The highest BCUT2D eigenvalue weighted by molar-refractivity contribution is 14.1. The van der Waals surface area contributed by atoms with Gasteiger partial charge in [-0.2, -0.15) is 0 Å². The lowest BCUT2D eigenvalue weighted by molar-refractivity contribution is 0.0977. The molecule has 3 rings (SSSR count). The zero-order chi connectivity index (χ0) is 16.2. The Morgan fingerprint density at radius 3 is 2.57 bits per heavy atom. The summed E-state index contributed by atoms with van der Waals surface area (Å²) in [6, 6.07) is 16.9. The molecular formula is C17H12IN3OS. The molecule has 2 N–H and O–H groups in total. The Hall–Kier alpha value is -2.06. The number of amides is 1. The molecule has 0 fully saturated rings. The molecule has 2 aromatic carbocycles. The Bertz CT molecular complexity index is 875. The van der Waals surface area contributed by atoms with Gasteiger partial charge >= 0.3 is 0 Å². The van der Waals surface area contributed by atoms with Crippen molar-refractivity contribution in [3.05, 3.63) is 69.9 Å². The SMILES string of the molecule is O=C(NC(=S)Nc1cccc2cccnc12)c1ccc(I)cc1. The van der Waals surface area contributed by atoms with Gasteiger partial charge in [-0.3, -0.25) is 15.1 Å². The Labute approximate surface area is 152 Å². The molecule has 0 unspecified atom stereocenters. The molecule has 0 radical (unpaired) electrons. The zero-order valence-corrected chi connectivity index (χ0v) is 14.9. The van der Waals surface area contributed by atoms with E-state index in [0.29, 0.717) is 5.56 Å². The molecular weight excluding hydrogens is 421 g/mol. The lowest BCUT2D eigenvalue weighted by atomic mass is 10.2. The lowest BCUT2D eigenvalue weighted by Gasteiger charge is -2.11. The smallest absolute Gasteiger partial charge is 0.257 e. The average molecular weight is 433 g/mol. The van der Waals surface area contributed by atoms with Crippen molar-refractivity contribution in [2.24, 2.45) is 0 Å². The molecule has 3 aromatic rings. The molecule has 23 heavy (non-hydrogen) atoms. The van der Waals surface area contributed by atoms with Crippen molar-refractivity contribution in [3.63, 3.8) is 0 Å². The molecule has 0 atom stereocenters. The monoisotopic (exact) mass is 433 g/mol. The van der Waals surface area contributed by atoms with Crippen molar-refractivity contribution in [2.45, 2.75) is 0 Å². The molecule has 114 valence electrons. The molecule has 0 aliphatic heterocycles. The second-order valence-electron chi connectivity index (χ2n) is 4.80. The molecule has 1 amide bonds. The summed E-state index contributed by atoms with van der Waals surface area (Å²) in [6.07, 6.45) is 1.72. The van der Waals surface area contributed by atoms with E-state index in [0.717, 1.165) is 20.2 Å². The summed E-state index contributed by atoms with van der Waals surface area (Å²) in [6.45, 7) is 0. The summed E-state index contributed by atoms with van der Waals surface area (Å²) >= 11 is 7.42. The van der Waals surface area contributed by atoms with Crippen LogP contribution in [-0.2, 0) is 0 Å². The molecule has 6 heteroatoms. The largest absolute Gasteiger partial charge is 0.331 e. The third-order valence-corrected chi connectivity index (χ3v) is 4.14. The first-order valence-corrected chi connectivity index (χ1v) is 8.34. The van der Waals surface area contributed by atoms with Gasteiger partial charge in [-0.15, -0.1) is 0 Å². The Balaban J connectivity index is 1.74. The van der Waals surface area contributed by atoms with Crippen LogP contribution in [0.2, 0.25) is 0 Å². The van der Waals surface area contributed by atoms with Gasteiger partial charge in [0.05, 0.1) is 11.2 Å². The minimum absolute atomic E-state index is 0.242. The number of hydrogen-bond donors (Lipinski definition) is 2. The van der Waals surface area contributed by atoms with Gasteiger partial charge in [-0.25, -0.2) is 0 Å². The first-order valence-electron chi connectivity index (χ1n) is 6.85. The number of benzene rings is 2. The highest BCUT2D eigenvalue weighted by Gasteiger charge is 2.09. The van der Waals surface area contributed by atoms with E-state index >= 15 is 0 Å². The summed E-state index contributed by atoms with van der Waals surface area (Å²) in [5, 5.41) is 6.96. The maximum atomic E-state index is 12.2. The predicted molar refractivity (Wildman–Crippen MR) is 105 cm³/mol. The minimum Gasteiger partial charge on any atom is -0.331 e. The number of pyridine rings is 1. The van der Waals surface area contributed by atoms with E-state index in [1.807, 2.05) is 42.5 Å². The van der Waals surface area contributed by atoms with Gasteiger partial charge in [0.25, 0.3) is 5.91 Å². The Morgan fingerprint density at radius 2 is 1.78 bits per heavy atom. The van der Waals surface area contributed by atoms with Crippen molar-refractivity contribution in [1.29, 1.82) is 0 Å². The molecule has 0 aliphatic rings. The number of rotatable bonds is 2. The number of aromatic nitrogens is 1. The van der Waals surface area contributed by atoms with E-state index in [9.17, 15) is 4.79 Å². The number of nitrogens with one attached hydrogen (secondary N) is 2. The van der Waals surface area contributed by atoms with Crippen LogP contribution in [0.4, 0.5) is 5.69 Å². The van der Waals surface area contributed by atoms with E-state index in [1.54, 1.807) is 18.3 Å². The van der Waals surface area contributed by atoms with E-state index in [2.05, 4.69) is 38.2 Å². The van der Waals surface area contributed by atoms with Crippen molar-refractivity contribution < 1.29 is 4.79 Å². The normalized spacial score (nSPS) is 10.3. The van der Waals surface area contributed by atoms with Crippen LogP contribution in [0.5, 0.6) is 0 Å². The van der Waals surface area contributed by atoms with Gasteiger partial charge in [0.1, 0.15) is 0 Å². The van der Waals surface area contributed by atoms with Crippen LogP contribution >= 0.6 is 34.8 Å². The Morgan fingerprint density at radius 1 is 1.04 bits per heavy atom. The number of nitrogens with zero attached hydrogens (tertiary/aromatic N) is 1. The molecule has 0 aliphatic carbocycles. The quantitative estimate of drug-likeness (QED) is 0.475. The summed E-state index contributed by atoms with van der Waals surface area (Å²) in [4.78, 5) is 16.5. The van der Waals surface area contributed by atoms with E-state index in [4.69, 9.17) is 12.2 Å². The first kappa shape index (κ1) is 15.8. The standard InChI is InChI=1S/C17H12IN3OS/c18-13-8-6-12(7-9-13)16(22)21-17(23)20-14-5-1-3-11-4-2-10-19-15(11)14/h1-10H,(H2,20,21,22,23). The summed E-state index contributed by atoms with van der Waals surface area (Å²) < 4.78 is 1.07. The van der Waals surface area contributed by atoms with Gasteiger partial charge in [0, 0.05) is 20.7 Å². The van der Waals surface area contributed by atoms with E-state index in [1.165, 1.54) is 0 Å². The number of thiocarbonyl (C=S) groups is 1. The van der Waals surface area contributed by atoms with Gasteiger partial charge in [0.2, 0.25) is 0 Å². The van der Waals surface area contributed by atoms with Crippen LogP contribution in [0, 0.1) is 3.57 Å². The molecule has 0 saturated carbocycles. The molecule has 4 nitrogen and oxygen atoms in total. The number of carbonyl (C=O) groups is 1. The second kappa shape index (κ2) is 7.01. The van der Waals surface area contributed by atoms with Crippen molar-refractivity contribution in [2.75, 3.05) is 5.32 Å². The maximum Gasteiger partial charge on any atom is 0.257 e. The molecule has 1 heterocycles. The predicted octanol–water partition coefficient (Wildman–Crippen LogP) is 3.97. The highest BCUT2D eigenvalue weighted by atomic mass is 127. The topological polar surface area (TPSA) is 54.0 Å². The number of anilines is 1. The summed E-state index contributed by atoms with van der Waals surface area (Å²) in [7, 11) is 0. The van der Waals surface area contributed by atoms with E-state index in [-0.39, 0.29) is 11.0 Å². The lowest BCUT2D eigenvalue weighted by Crippen LogP contribution is -2.34. The van der Waals surface area contributed by atoms with Gasteiger partial charge in [-0.05, 0) is 71.2 Å². The molecule has 0 bridgehead atoms. The fourth-order valence-corrected chi connectivity index (χ4v) is 2.70. The fourth-order valence-electron chi connectivity index (χ4n) is 2.14. The third-order valence-electron chi connectivity index (χ3n) is 3.21. The van der Waals surface area contributed by atoms with Gasteiger partial charge in [0.15, 0.2) is 5.11 Å². The van der Waals surface area contributed by atoms with Gasteiger partial charge in [-0.1, -0.05) is 18.2 Å². The molecule has 0 spiro atoms. The first-order chi connectivity index (χ1) is 11.1. The zero-order valence-electron chi connectivity index (χ0n) is 11.9. The number of para-hydroxylation sites is 1. The fraction of sp³-hybridized carbons (Fsp3) is 0. The van der Waals surface area contributed by atoms with Crippen LogP contribution in [0.15, 0.2) is 60.8 Å². The van der Waals surface area contributed by atoms with Crippen molar-refractivity contribution in [3.8, 4) is 0 Å². The third kappa shape index (κ3) is 3.83. The number of halogens is 1. The van der Waals surface area contributed by atoms with Crippen molar-refractivity contribution >= 4 is 62.4 Å². The Kier molecular flexibility index (Phi) is 4.82. The van der Waals surface area contributed by atoms with E-state index < -0.39 is 0 Å². The molecule has 0 saturated heterocycles. The van der Waals surface area contributed by atoms with Crippen LogP contribution in [0.3, 0.4) is 0 Å². The summed E-state index contributed by atoms with van der Waals surface area (Å²) in [5.74, 6) is -0.243. The number of hydrogen-bond acceptors (Lipinski definition) is 3. The number of fused-ring (bicyclic) bond motifs is 1. The average Bonchev–Trinajstić information content (AvgIpc) is 2.55. The summed E-state index contributed by atoms with van der Waals surface area (Å²) in [5.41, 5.74) is 2.13. The maximum absolute atomic E-state index is 12.2. The van der Waals surface area contributed by atoms with Crippen LogP contribution < -0.4 is 10.6 Å². The van der Waals surface area contributed by atoms with Crippen LogP contribution in [0.25, 0.3) is 10.9 Å². The minimum atomic E-state index is -0.243. The highest BCUT2D eigenvalue weighted by Crippen LogP contribution is 2.20. The van der Waals surface area contributed by atoms with Crippen LogP contribution in [0.1, 0.15) is 10.4 Å².